The van der Waals surface area contributed by atoms with Crippen LogP contribution in [0.25, 0.3) is 0 Å². The first-order valence-electron chi connectivity index (χ1n) is 8.26. The molecule has 3 heterocycles. The number of amides is 2. The van der Waals surface area contributed by atoms with Crippen LogP contribution in [0.15, 0.2) is 10.6 Å². The van der Waals surface area contributed by atoms with Gasteiger partial charge in [0.25, 0.3) is 0 Å². The van der Waals surface area contributed by atoms with Crippen molar-refractivity contribution < 1.29 is 29.3 Å². The molecule has 3 aliphatic rings. The number of fused-ring (bicyclic) bond motifs is 1. The summed E-state index contributed by atoms with van der Waals surface area (Å²) in [4.78, 5) is 39.4. The third-order valence-electron chi connectivity index (χ3n) is 4.97. The van der Waals surface area contributed by atoms with Gasteiger partial charge in [-0.3, -0.25) is 9.59 Å². The molecule has 25 heavy (non-hydrogen) atoms. The summed E-state index contributed by atoms with van der Waals surface area (Å²) in [5, 5.41) is 19.4. The van der Waals surface area contributed by atoms with E-state index in [9.17, 15) is 24.6 Å². The standard InChI is InChI=1S/C16H22N2O6S/c1-8(19)13-10-5-11(14(16(22)23)18(10)15(13)21)25-9-3-4-17(6-9)12(20)7-24-2/h8-10,13,19H,3-7H2,1-2H3,(H,22,23)/t8?,9?,10-,13?/m1/s1. The molecule has 3 aliphatic heterocycles. The third-order valence-corrected chi connectivity index (χ3v) is 6.33. The molecule has 9 heteroatoms. The summed E-state index contributed by atoms with van der Waals surface area (Å²) in [5.41, 5.74) is 0.0403. The third kappa shape index (κ3) is 3.16. The van der Waals surface area contributed by atoms with Crippen molar-refractivity contribution in [1.82, 2.24) is 9.80 Å². The van der Waals surface area contributed by atoms with Gasteiger partial charge in [0.15, 0.2) is 0 Å². The Labute approximate surface area is 149 Å². The van der Waals surface area contributed by atoms with Gasteiger partial charge in [-0.2, -0.15) is 0 Å². The second-order valence-electron chi connectivity index (χ2n) is 6.62. The number of hydrogen-bond donors (Lipinski definition) is 2. The minimum absolute atomic E-state index is 0.0403. The zero-order chi connectivity index (χ0) is 18.3. The number of ether oxygens (including phenoxy) is 1. The molecule has 138 valence electrons. The quantitative estimate of drug-likeness (QED) is 0.627. The molecule has 0 aromatic rings. The highest BCUT2D eigenvalue weighted by Gasteiger charge is 2.57. The molecule has 2 N–H and O–H groups in total. The van der Waals surface area contributed by atoms with E-state index in [4.69, 9.17) is 4.74 Å². The molecular weight excluding hydrogens is 348 g/mol. The van der Waals surface area contributed by atoms with E-state index in [-0.39, 0.29) is 35.4 Å². The van der Waals surface area contributed by atoms with Crippen LogP contribution >= 0.6 is 11.8 Å². The van der Waals surface area contributed by atoms with Crippen LogP contribution in [0.3, 0.4) is 0 Å². The molecule has 0 aromatic heterocycles. The lowest BCUT2D eigenvalue weighted by molar-refractivity contribution is -0.161. The molecule has 0 saturated carbocycles. The molecule has 0 bridgehead atoms. The molecule has 2 amide bonds. The number of methoxy groups -OCH3 is 1. The molecule has 2 fully saturated rings. The Hall–Kier alpha value is -1.58. The van der Waals surface area contributed by atoms with Gasteiger partial charge in [-0.25, -0.2) is 4.79 Å². The number of aliphatic carboxylic acids is 1. The number of carboxylic acids is 1. The molecule has 2 saturated heterocycles. The van der Waals surface area contributed by atoms with Gasteiger partial charge in [0.2, 0.25) is 11.8 Å². The average Bonchev–Trinajstić information content (AvgIpc) is 3.10. The minimum atomic E-state index is -1.12. The van der Waals surface area contributed by atoms with Gasteiger partial charge in [0.1, 0.15) is 12.3 Å². The van der Waals surface area contributed by atoms with E-state index in [1.807, 2.05) is 0 Å². The van der Waals surface area contributed by atoms with E-state index < -0.39 is 18.0 Å². The highest BCUT2D eigenvalue weighted by molar-refractivity contribution is 8.03. The normalized spacial score (nSPS) is 29.7. The van der Waals surface area contributed by atoms with Crippen LogP contribution in [0, 0.1) is 5.92 Å². The highest BCUT2D eigenvalue weighted by Crippen LogP contribution is 2.48. The number of rotatable bonds is 6. The summed E-state index contributed by atoms with van der Waals surface area (Å²) in [7, 11) is 1.47. The second-order valence-corrected chi connectivity index (χ2v) is 8.02. The fourth-order valence-corrected chi connectivity index (χ4v) is 5.25. The first-order valence-corrected chi connectivity index (χ1v) is 9.14. The molecule has 3 unspecified atom stereocenters. The SMILES string of the molecule is COCC(=O)N1CCC(SC2=C(C(=O)O)N3C(=O)C(C(C)O)[C@H]3C2)C1. The zero-order valence-corrected chi connectivity index (χ0v) is 15.0. The Bertz CT molecular complexity index is 634. The molecule has 4 atom stereocenters. The first-order chi connectivity index (χ1) is 11.8. The number of hydrogen-bond acceptors (Lipinski definition) is 6. The van der Waals surface area contributed by atoms with Crippen molar-refractivity contribution in [3.05, 3.63) is 10.6 Å². The lowest BCUT2D eigenvalue weighted by atomic mass is 9.83. The number of carbonyl (C=O) groups is 3. The number of aliphatic hydroxyl groups excluding tert-OH is 1. The molecule has 3 rings (SSSR count). The fourth-order valence-electron chi connectivity index (χ4n) is 3.80. The minimum Gasteiger partial charge on any atom is -0.477 e. The van der Waals surface area contributed by atoms with Crippen LogP contribution in [-0.4, -0.2) is 82.0 Å². The van der Waals surface area contributed by atoms with Gasteiger partial charge in [0.05, 0.1) is 18.1 Å². The van der Waals surface area contributed by atoms with Crippen molar-refractivity contribution in [2.24, 2.45) is 5.92 Å². The van der Waals surface area contributed by atoms with Crippen LogP contribution in [0.5, 0.6) is 0 Å². The van der Waals surface area contributed by atoms with Crippen molar-refractivity contribution in [3.8, 4) is 0 Å². The molecule has 0 aromatic carbocycles. The summed E-state index contributed by atoms with van der Waals surface area (Å²) < 4.78 is 4.86. The van der Waals surface area contributed by atoms with Gasteiger partial charge < -0.3 is 24.7 Å². The van der Waals surface area contributed by atoms with Crippen LogP contribution in [0.4, 0.5) is 0 Å². The van der Waals surface area contributed by atoms with Gasteiger partial charge >= 0.3 is 5.97 Å². The number of carboxylic acid groups (broad SMARTS) is 1. The van der Waals surface area contributed by atoms with Crippen molar-refractivity contribution in [2.75, 3.05) is 26.8 Å². The van der Waals surface area contributed by atoms with Crippen LogP contribution in [0.1, 0.15) is 19.8 Å². The van der Waals surface area contributed by atoms with Gasteiger partial charge in [-0.15, -0.1) is 11.8 Å². The summed E-state index contributed by atoms with van der Waals surface area (Å²) in [5.74, 6) is -2.04. The van der Waals surface area contributed by atoms with E-state index in [1.165, 1.54) is 23.8 Å². The Morgan fingerprint density at radius 1 is 1.44 bits per heavy atom. The fraction of sp³-hybridized carbons (Fsp3) is 0.688. The van der Waals surface area contributed by atoms with E-state index in [0.717, 1.165) is 6.42 Å². The largest absolute Gasteiger partial charge is 0.477 e. The summed E-state index contributed by atoms with van der Waals surface area (Å²) in [6, 6.07) is -0.270. The van der Waals surface area contributed by atoms with E-state index in [1.54, 1.807) is 11.8 Å². The number of β-lactam (4-membered cyclic amide) rings is 1. The Morgan fingerprint density at radius 2 is 2.16 bits per heavy atom. The second kappa shape index (κ2) is 6.97. The van der Waals surface area contributed by atoms with Gasteiger partial charge in [-0.05, 0) is 13.3 Å². The van der Waals surface area contributed by atoms with E-state index >= 15 is 0 Å². The maximum Gasteiger partial charge on any atom is 0.353 e. The van der Waals surface area contributed by atoms with Crippen LogP contribution in [-0.2, 0) is 19.1 Å². The molecular formula is C16H22N2O6S. The van der Waals surface area contributed by atoms with Gasteiger partial charge in [-0.1, -0.05) is 0 Å². The molecule has 0 aliphatic carbocycles. The van der Waals surface area contributed by atoms with Crippen LogP contribution < -0.4 is 0 Å². The van der Waals surface area contributed by atoms with Crippen molar-refractivity contribution in [1.29, 1.82) is 0 Å². The summed E-state index contributed by atoms with van der Waals surface area (Å²) in [6.45, 7) is 2.77. The Balaban J connectivity index is 1.69. The van der Waals surface area contributed by atoms with Gasteiger partial charge in [0, 0.05) is 36.8 Å². The maximum atomic E-state index is 12.2. The van der Waals surface area contributed by atoms with Crippen molar-refractivity contribution in [2.45, 2.75) is 37.2 Å². The predicted molar refractivity (Wildman–Crippen MR) is 89.5 cm³/mol. The number of nitrogens with zero attached hydrogens (tertiary/aromatic N) is 2. The Kier molecular flexibility index (Phi) is 5.08. The van der Waals surface area contributed by atoms with E-state index in [0.29, 0.717) is 24.4 Å². The molecule has 0 radical (unpaired) electrons. The number of thioether (sulfide) groups is 1. The van der Waals surface area contributed by atoms with Crippen molar-refractivity contribution in [3.63, 3.8) is 0 Å². The van der Waals surface area contributed by atoms with Crippen LogP contribution in [0.2, 0.25) is 0 Å². The number of aliphatic hydroxyl groups is 1. The Morgan fingerprint density at radius 3 is 2.76 bits per heavy atom. The highest BCUT2D eigenvalue weighted by atomic mass is 32.2. The smallest absolute Gasteiger partial charge is 0.353 e. The summed E-state index contributed by atoms with van der Waals surface area (Å²) in [6.07, 6.45) is 0.437. The maximum absolute atomic E-state index is 12.2. The monoisotopic (exact) mass is 370 g/mol. The molecule has 0 spiro atoms. The topological polar surface area (TPSA) is 107 Å². The molecule has 8 nitrogen and oxygen atoms in total. The number of carbonyl (C=O) groups excluding carboxylic acids is 2. The zero-order valence-electron chi connectivity index (χ0n) is 14.2. The number of likely N-dealkylation sites (tertiary alicyclic amines) is 1. The summed E-state index contributed by atoms with van der Waals surface area (Å²) >= 11 is 1.44. The predicted octanol–water partition coefficient (Wildman–Crippen LogP) is -0.125. The van der Waals surface area contributed by atoms with E-state index in [2.05, 4.69) is 0 Å². The average molecular weight is 370 g/mol. The van der Waals surface area contributed by atoms with Crippen molar-refractivity contribution >= 4 is 29.5 Å². The lowest BCUT2D eigenvalue weighted by Crippen LogP contribution is -2.61. The lowest BCUT2D eigenvalue weighted by Gasteiger charge is -2.44. The first kappa shape index (κ1) is 18.2.